The summed E-state index contributed by atoms with van der Waals surface area (Å²) in [5.74, 6) is 2.24. The summed E-state index contributed by atoms with van der Waals surface area (Å²) in [5, 5.41) is 4.08. The van der Waals surface area contributed by atoms with Crippen LogP contribution in [0.25, 0.3) is 11.4 Å². The van der Waals surface area contributed by atoms with Crippen LogP contribution in [0.5, 0.6) is 5.75 Å². The van der Waals surface area contributed by atoms with Gasteiger partial charge in [-0.3, -0.25) is 9.69 Å². The van der Waals surface area contributed by atoms with Crippen molar-refractivity contribution in [1.29, 1.82) is 0 Å². The van der Waals surface area contributed by atoms with Gasteiger partial charge in [0.2, 0.25) is 17.6 Å². The van der Waals surface area contributed by atoms with E-state index >= 15 is 0 Å². The number of nitrogens with zero attached hydrogens (tertiary/aromatic N) is 4. The van der Waals surface area contributed by atoms with Crippen molar-refractivity contribution in [1.82, 2.24) is 19.9 Å². The van der Waals surface area contributed by atoms with Crippen LogP contribution >= 0.6 is 0 Å². The summed E-state index contributed by atoms with van der Waals surface area (Å²) >= 11 is 0. The summed E-state index contributed by atoms with van der Waals surface area (Å²) < 4.78 is 10.6. The number of rotatable bonds is 5. The molecule has 0 radical (unpaired) electrons. The fourth-order valence-electron chi connectivity index (χ4n) is 3.08. The molecule has 7 heteroatoms. The van der Waals surface area contributed by atoms with Gasteiger partial charge < -0.3 is 14.2 Å². The van der Waals surface area contributed by atoms with Crippen molar-refractivity contribution in [3.63, 3.8) is 0 Å². The zero-order valence-electron chi connectivity index (χ0n) is 15.6. The predicted molar refractivity (Wildman–Crippen MR) is 97.6 cm³/mol. The van der Waals surface area contributed by atoms with Crippen LogP contribution in [0.1, 0.15) is 26.2 Å². The Balaban J connectivity index is 1.59. The van der Waals surface area contributed by atoms with Crippen molar-refractivity contribution < 1.29 is 14.1 Å². The topological polar surface area (TPSA) is 71.7 Å². The van der Waals surface area contributed by atoms with E-state index in [1.807, 2.05) is 43.0 Å². The Morgan fingerprint density at radius 3 is 2.65 bits per heavy atom. The summed E-state index contributed by atoms with van der Waals surface area (Å²) in [6, 6.07) is 7.57. The van der Waals surface area contributed by atoms with Gasteiger partial charge in [0.05, 0.1) is 13.7 Å². The summed E-state index contributed by atoms with van der Waals surface area (Å²) in [7, 11) is 1.64. The van der Waals surface area contributed by atoms with Gasteiger partial charge in [-0.1, -0.05) is 19.0 Å². The van der Waals surface area contributed by atoms with Crippen LogP contribution in [0.3, 0.4) is 0 Å². The first-order valence-corrected chi connectivity index (χ1v) is 9.05. The smallest absolute Gasteiger partial charge is 0.241 e. The fourth-order valence-corrected chi connectivity index (χ4v) is 3.08. The molecule has 2 heterocycles. The van der Waals surface area contributed by atoms with Gasteiger partial charge in [-0.2, -0.15) is 4.98 Å². The Hall–Kier alpha value is -2.41. The zero-order valence-corrected chi connectivity index (χ0v) is 15.6. The highest BCUT2D eigenvalue weighted by molar-refractivity contribution is 5.78. The molecule has 0 N–H and O–H groups in total. The minimum atomic E-state index is 0.0459. The van der Waals surface area contributed by atoms with Crippen molar-refractivity contribution in [3.8, 4) is 17.1 Å². The van der Waals surface area contributed by atoms with Gasteiger partial charge in [0.1, 0.15) is 5.75 Å². The SMILES string of the molecule is COc1ccc(-c2noc(CN3CCCN(C(=O)C(C)C)CC3)n2)cc1. The number of hydrogen-bond acceptors (Lipinski definition) is 6. The van der Waals surface area contributed by atoms with E-state index in [1.54, 1.807) is 7.11 Å². The highest BCUT2D eigenvalue weighted by atomic mass is 16.5. The van der Waals surface area contributed by atoms with Crippen LogP contribution in [-0.2, 0) is 11.3 Å². The highest BCUT2D eigenvalue weighted by Gasteiger charge is 2.22. The van der Waals surface area contributed by atoms with Crippen LogP contribution in [0.2, 0.25) is 0 Å². The molecule has 7 nitrogen and oxygen atoms in total. The second kappa shape index (κ2) is 8.31. The zero-order chi connectivity index (χ0) is 18.5. The molecule has 26 heavy (non-hydrogen) atoms. The van der Waals surface area contributed by atoms with E-state index in [-0.39, 0.29) is 11.8 Å². The van der Waals surface area contributed by atoms with Crippen molar-refractivity contribution >= 4 is 5.91 Å². The van der Waals surface area contributed by atoms with E-state index in [4.69, 9.17) is 9.26 Å². The van der Waals surface area contributed by atoms with Gasteiger partial charge in [-0.25, -0.2) is 0 Å². The predicted octanol–water partition coefficient (Wildman–Crippen LogP) is 2.44. The molecule has 1 amide bonds. The van der Waals surface area contributed by atoms with Gasteiger partial charge in [-0.15, -0.1) is 0 Å². The monoisotopic (exact) mass is 358 g/mol. The number of ether oxygens (including phenoxy) is 1. The molecule has 0 bridgehead atoms. The third-order valence-corrected chi connectivity index (χ3v) is 4.57. The van der Waals surface area contributed by atoms with Gasteiger partial charge in [0.25, 0.3) is 0 Å². The Morgan fingerprint density at radius 1 is 1.19 bits per heavy atom. The van der Waals surface area contributed by atoms with Crippen molar-refractivity contribution in [2.45, 2.75) is 26.8 Å². The second-order valence-corrected chi connectivity index (χ2v) is 6.85. The Kier molecular flexibility index (Phi) is 5.88. The van der Waals surface area contributed by atoms with Gasteiger partial charge >= 0.3 is 0 Å². The van der Waals surface area contributed by atoms with Crippen molar-refractivity contribution in [3.05, 3.63) is 30.2 Å². The molecular formula is C19H26N4O3. The lowest BCUT2D eigenvalue weighted by atomic mass is 10.2. The van der Waals surface area contributed by atoms with E-state index < -0.39 is 0 Å². The molecule has 1 aliphatic rings. The molecule has 1 aromatic heterocycles. The van der Waals surface area contributed by atoms with Crippen molar-refractivity contribution in [2.75, 3.05) is 33.3 Å². The number of carbonyl (C=O) groups is 1. The van der Waals surface area contributed by atoms with Gasteiger partial charge in [0.15, 0.2) is 0 Å². The lowest BCUT2D eigenvalue weighted by Crippen LogP contribution is -2.37. The van der Waals surface area contributed by atoms with E-state index in [0.717, 1.165) is 43.9 Å². The average Bonchev–Trinajstić information content (AvgIpc) is 2.99. The fraction of sp³-hybridized carbons (Fsp3) is 0.526. The van der Waals surface area contributed by atoms with E-state index in [2.05, 4.69) is 15.0 Å². The molecule has 0 atom stereocenters. The molecule has 1 fully saturated rings. The minimum Gasteiger partial charge on any atom is -0.497 e. The first-order chi connectivity index (χ1) is 12.6. The highest BCUT2D eigenvalue weighted by Crippen LogP contribution is 2.20. The molecule has 2 aromatic rings. The standard InChI is InChI=1S/C19H26N4O3/c1-14(2)19(24)23-10-4-9-22(11-12-23)13-17-20-18(21-26-17)15-5-7-16(25-3)8-6-15/h5-8,14H,4,9-13H2,1-3H3. The lowest BCUT2D eigenvalue weighted by molar-refractivity contribution is -0.134. The largest absolute Gasteiger partial charge is 0.497 e. The summed E-state index contributed by atoms with van der Waals surface area (Å²) in [6.45, 7) is 7.80. The number of hydrogen-bond donors (Lipinski definition) is 0. The second-order valence-electron chi connectivity index (χ2n) is 6.85. The molecule has 1 aliphatic heterocycles. The molecule has 0 unspecified atom stereocenters. The summed E-state index contributed by atoms with van der Waals surface area (Å²) in [4.78, 5) is 20.9. The third-order valence-electron chi connectivity index (χ3n) is 4.57. The normalized spacial score (nSPS) is 15.9. The molecule has 0 aliphatic carbocycles. The molecule has 0 spiro atoms. The molecule has 1 aromatic carbocycles. The number of amides is 1. The maximum absolute atomic E-state index is 12.2. The number of aromatic nitrogens is 2. The maximum atomic E-state index is 12.2. The molecule has 3 rings (SSSR count). The van der Waals surface area contributed by atoms with E-state index in [1.165, 1.54) is 0 Å². The first-order valence-electron chi connectivity index (χ1n) is 9.05. The number of benzene rings is 1. The molecular weight excluding hydrogens is 332 g/mol. The summed E-state index contributed by atoms with van der Waals surface area (Å²) in [6.07, 6.45) is 0.956. The third kappa shape index (κ3) is 4.40. The first kappa shape index (κ1) is 18.4. The van der Waals surface area contributed by atoms with Crippen LogP contribution in [0.15, 0.2) is 28.8 Å². The quantitative estimate of drug-likeness (QED) is 0.817. The maximum Gasteiger partial charge on any atom is 0.241 e. The van der Waals surface area contributed by atoms with Crippen LogP contribution in [-0.4, -0.2) is 59.1 Å². The van der Waals surface area contributed by atoms with E-state index in [9.17, 15) is 4.79 Å². The van der Waals surface area contributed by atoms with E-state index in [0.29, 0.717) is 18.3 Å². The average molecular weight is 358 g/mol. The molecule has 140 valence electrons. The number of methoxy groups -OCH3 is 1. The van der Waals surface area contributed by atoms with Crippen LogP contribution in [0, 0.1) is 5.92 Å². The van der Waals surface area contributed by atoms with Gasteiger partial charge in [-0.05, 0) is 30.7 Å². The molecule has 1 saturated heterocycles. The Labute approximate surface area is 153 Å². The van der Waals surface area contributed by atoms with Gasteiger partial charge in [0, 0.05) is 37.7 Å². The minimum absolute atomic E-state index is 0.0459. The number of carbonyl (C=O) groups excluding carboxylic acids is 1. The summed E-state index contributed by atoms with van der Waals surface area (Å²) in [5.41, 5.74) is 0.894. The van der Waals surface area contributed by atoms with Crippen LogP contribution < -0.4 is 4.74 Å². The lowest BCUT2D eigenvalue weighted by Gasteiger charge is -2.22. The Bertz CT molecular complexity index is 727. The Morgan fingerprint density at radius 2 is 1.96 bits per heavy atom. The molecule has 0 saturated carbocycles. The van der Waals surface area contributed by atoms with Crippen molar-refractivity contribution in [2.24, 2.45) is 5.92 Å². The van der Waals surface area contributed by atoms with Crippen LogP contribution in [0.4, 0.5) is 0 Å².